The minimum atomic E-state index is -1.64. The van der Waals surface area contributed by atoms with Crippen LogP contribution in [0.5, 0.6) is 0 Å². The second kappa shape index (κ2) is 4.30. The molecule has 0 aliphatic heterocycles. The summed E-state index contributed by atoms with van der Waals surface area (Å²) in [7, 11) is 0. The molecule has 0 aliphatic carbocycles. The molecule has 0 spiro atoms. The highest BCUT2D eigenvalue weighted by Gasteiger charge is 2.04. The van der Waals surface area contributed by atoms with E-state index in [0.717, 1.165) is 0 Å². The maximum atomic E-state index is 8.29. The van der Waals surface area contributed by atoms with Crippen molar-refractivity contribution >= 4 is 0 Å². The topological polar surface area (TPSA) is 86.7 Å². The molecule has 0 aromatic heterocycles. The predicted molar refractivity (Wildman–Crippen MR) is 31.1 cm³/mol. The molecule has 0 rings (SSSR count). The number of hydrogen-bond donors (Lipinski definition) is 4. The molecule has 0 aromatic rings. The quantitative estimate of drug-likeness (QED) is 0.236. The molecule has 0 saturated heterocycles. The molecule has 0 aromatic carbocycles. The van der Waals surface area contributed by atoms with Crippen molar-refractivity contribution in [2.24, 2.45) is 5.73 Å². The third-order valence-electron chi connectivity index (χ3n) is 0.669. The number of rotatable bonds is 1. The molecule has 0 bridgehead atoms. The summed E-state index contributed by atoms with van der Waals surface area (Å²) in [6.45, 7) is -0.319. The van der Waals surface area contributed by atoms with Crippen molar-refractivity contribution in [2.75, 3.05) is 6.61 Å². The van der Waals surface area contributed by atoms with Gasteiger partial charge in [-0.15, -0.1) is 0 Å². The molecule has 0 saturated carbocycles. The Balaban J connectivity index is 3.61. The van der Waals surface area contributed by atoms with Crippen LogP contribution in [-0.4, -0.2) is 34.3 Å². The van der Waals surface area contributed by atoms with E-state index in [2.05, 4.69) is 11.8 Å². The molecule has 4 nitrogen and oxygen atoms in total. The van der Waals surface area contributed by atoms with Crippen LogP contribution in [0.3, 0.4) is 0 Å². The molecule has 52 valence electrons. The van der Waals surface area contributed by atoms with Crippen LogP contribution < -0.4 is 5.73 Å². The lowest BCUT2D eigenvalue weighted by atomic mass is 10.3. The second-order valence-electron chi connectivity index (χ2n) is 1.42. The zero-order chi connectivity index (χ0) is 7.28. The monoisotopic (exact) mass is 131 g/mol. The first-order chi connectivity index (χ1) is 4.18. The third kappa shape index (κ3) is 3.94. The first-order valence-electron chi connectivity index (χ1n) is 2.39. The van der Waals surface area contributed by atoms with E-state index in [4.69, 9.17) is 21.1 Å². The van der Waals surface area contributed by atoms with Crippen LogP contribution in [0.4, 0.5) is 0 Å². The number of aliphatic hydroxyl groups is 3. The molecular weight excluding hydrogens is 122 g/mol. The van der Waals surface area contributed by atoms with Gasteiger partial charge in [-0.2, -0.15) is 0 Å². The molecule has 4 heteroatoms. The summed E-state index contributed by atoms with van der Waals surface area (Å²) in [5.41, 5.74) is 5.02. The maximum absolute atomic E-state index is 8.29. The van der Waals surface area contributed by atoms with Crippen LogP contribution in [0, 0.1) is 11.8 Å². The largest absolute Gasteiger partial charge is 0.384 e. The molecular formula is C5H9NO3. The Hall–Kier alpha value is -0.600. The minimum absolute atomic E-state index is 0.319. The van der Waals surface area contributed by atoms with Crippen molar-refractivity contribution in [2.45, 2.75) is 12.3 Å². The highest BCUT2D eigenvalue weighted by molar-refractivity contribution is 5.07. The zero-order valence-corrected chi connectivity index (χ0v) is 4.78. The molecule has 1 atom stereocenters. The van der Waals surface area contributed by atoms with E-state index < -0.39 is 12.3 Å². The normalized spacial score (nSPS) is 12.6. The van der Waals surface area contributed by atoms with Gasteiger partial charge in [0.25, 0.3) is 0 Å². The van der Waals surface area contributed by atoms with Crippen molar-refractivity contribution < 1.29 is 15.3 Å². The van der Waals surface area contributed by atoms with Crippen LogP contribution in [-0.2, 0) is 0 Å². The molecule has 0 aliphatic rings. The second-order valence-corrected chi connectivity index (χ2v) is 1.42. The van der Waals surface area contributed by atoms with Crippen molar-refractivity contribution in [1.29, 1.82) is 0 Å². The summed E-state index contributed by atoms with van der Waals surface area (Å²) >= 11 is 0. The zero-order valence-electron chi connectivity index (χ0n) is 4.78. The average molecular weight is 131 g/mol. The standard InChI is InChI=1S/C5H9NO3/c6-4(5(8)9)2-1-3-7/h4-5,7-9H,3,6H2. The lowest BCUT2D eigenvalue weighted by molar-refractivity contribution is -0.0456. The summed E-state index contributed by atoms with van der Waals surface area (Å²) in [5, 5.41) is 24.7. The fourth-order valence-electron chi connectivity index (χ4n) is 0.238. The summed E-state index contributed by atoms with van der Waals surface area (Å²) in [6.07, 6.45) is -1.64. The molecule has 0 fully saturated rings. The Morgan fingerprint density at radius 1 is 1.44 bits per heavy atom. The van der Waals surface area contributed by atoms with Crippen molar-refractivity contribution in [3.8, 4) is 11.8 Å². The first-order valence-corrected chi connectivity index (χ1v) is 2.39. The SMILES string of the molecule is NC(C#CCO)C(O)O. The van der Waals surface area contributed by atoms with E-state index in [1.807, 2.05) is 0 Å². The van der Waals surface area contributed by atoms with Crippen LogP contribution >= 0.6 is 0 Å². The van der Waals surface area contributed by atoms with Gasteiger partial charge in [-0.1, -0.05) is 11.8 Å². The van der Waals surface area contributed by atoms with Gasteiger partial charge in [0.2, 0.25) is 0 Å². The van der Waals surface area contributed by atoms with Gasteiger partial charge in [0.05, 0.1) is 0 Å². The maximum Gasteiger partial charge on any atom is 0.178 e. The number of hydrogen-bond acceptors (Lipinski definition) is 4. The Morgan fingerprint density at radius 3 is 2.33 bits per heavy atom. The van der Waals surface area contributed by atoms with E-state index in [-0.39, 0.29) is 6.61 Å². The molecule has 9 heavy (non-hydrogen) atoms. The number of nitrogens with two attached hydrogens (primary N) is 1. The Morgan fingerprint density at radius 2 is 2.00 bits per heavy atom. The third-order valence-corrected chi connectivity index (χ3v) is 0.669. The lowest BCUT2D eigenvalue weighted by Gasteiger charge is -2.03. The highest BCUT2D eigenvalue weighted by atomic mass is 16.5. The Labute approximate surface area is 52.9 Å². The average Bonchev–Trinajstić information content (AvgIpc) is 1.82. The summed E-state index contributed by atoms with van der Waals surface area (Å²) in [5.74, 6) is 4.40. The van der Waals surface area contributed by atoms with Gasteiger partial charge in [-0.05, 0) is 0 Å². The minimum Gasteiger partial charge on any atom is -0.384 e. The summed E-state index contributed by atoms with van der Waals surface area (Å²) in [6, 6.07) is -0.989. The predicted octanol–water partition coefficient (Wildman–Crippen LogP) is -2.38. The van der Waals surface area contributed by atoms with E-state index in [1.54, 1.807) is 0 Å². The van der Waals surface area contributed by atoms with Crippen molar-refractivity contribution in [3.05, 3.63) is 0 Å². The van der Waals surface area contributed by atoms with Crippen LogP contribution in [0.15, 0.2) is 0 Å². The van der Waals surface area contributed by atoms with E-state index >= 15 is 0 Å². The van der Waals surface area contributed by atoms with Gasteiger partial charge in [0, 0.05) is 0 Å². The Kier molecular flexibility index (Phi) is 4.01. The fourth-order valence-corrected chi connectivity index (χ4v) is 0.238. The van der Waals surface area contributed by atoms with Gasteiger partial charge in [0.1, 0.15) is 12.6 Å². The number of aliphatic hydroxyl groups excluding tert-OH is 2. The summed E-state index contributed by atoms with van der Waals surface area (Å²) in [4.78, 5) is 0. The molecule has 0 heterocycles. The summed E-state index contributed by atoms with van der Waals surface area (Å²) < 4.78 is 0. The van der Waals surface area contributed by atoms with Gasteiger partial charge in [0.15, 0.2) is 6.29 Å². The van der Waals surface area contributed by atoms with Crippen LogP contribution in [0.1, 0.15) is 0 Å². The van der Waals surface area contributed by atoms with Gasteiger partial charge < -0.3 is 21.1 Å². The molecule has 0 radical (unpaired) electrons. The molecule has 5 N–H and O–H groups in total. The van der Waals surface area contributed by atoms with E-state index in [9.17, 15) is 0 Å². The van der Waals surface area contributed by atoms with Crippen molar-refractivity contribution in [3.63, 3.8) is 0 Å². The van der Waals surface area contributed by atoms with E-state index in [1.165, 1.54) is 0 Å². The van der Waals surface area contributed by atoms with E-state index in [0.29, 0.717) is 0 Å². The highest BCUT2D eigenvalue weighted by Crippen LogP contribution is 1.79. The molecule has 1 unspecified atom stereocenters. The first kappa shape index (κ1) is 8.40. The van der Waals surface area contributed by atoms with Crippen LogP contribution in [0.2, 0.25) is 0 Å². The van der Waals surface area contributed by atoms with Gasteiger partial charge in [-0.25, -0.2) is 0 Å². The van der Waals surface area contributed by atoms with Crippen LogP contribution in [0.25, 0.3) is 0 Å². The van der Waals surface area contributed by atoms with Gasteiger partial charge in [-0.3, -0.25) is 0 Å². The molecule has 0 amide bonds. The fraction of sp³-hybridized carbons (Fsp3) is 0.600. The van der Waals surface area contributed by atoms with Gasteiger partial charge >= 0.3 is 0 Å². The lowest BCUT2D eigenvalue weighted by Crippen LogP contribution is -2.32. The van der Waals surface area contributed by atoms with Crippen molar-refractivity contribution in [1.82, 2.24) is 0 Å². The Bertz CT molecular complexity index is 124. The smallest absolute Gasteiger partial charge is 0.178 e.